The predicted molar refractivity (Wildman–Crippen MR) is 109 cm³/mol. The van der Waals surface area contributed by atoms with Crippen molar-refractivity contribution in [3.63, 3.8) is 0 Å². The van der Waals surface area contributed by atoms with E-state index in [2.05, 4.69) is 0 Å². The van der Waals surface area contributed by atoms with Gasteiger partial charge in [0.25, 0.3) is 11.8 Å². The van der Waals surface area contributed by atoms with E-state index in [1.165, 1.54) is 41.3 Å². The van der Waals surface area contributed by atoms with E-state index in [1.807, 2.05) is 0 Å². The number of rotatable bonds is 8. The van der Waals surface area contributed by atoms with Gasteiger partial charge in [0.05, 0.1) is 0 Å². The average molecular weight is 380 g/mol. The molecule has 146 valence electrons. The summed E-state index contributed by atoms with van der Waals surface area (Å²) in [6.07, 6.45) is 7.18. The molecule has 0 aliphatic rings. The molecular formula is C22H24N2O4. The van der Waals surface area contributed by atoms with Gasteiger partial charge in [-0.15, -0.1) is 0 Å². The van der Waals surface area contributed by atoms with Gasteiger partial charge in [-0.2, -0.15) is 0 Å². The van der Waals surface area contributed by atoms with E-state index >= 15 is 0 Å². The first kappa shape index (κ1) is 20.9. The fourth-order valence-electron chi connectivity index (χ4n) is 2.43. The summed E-state index contributed by atoms with van der Waals surface area (Å²) in [5, 5.41) is 18.6. The summed E-state index contributed by atoms with van der Waals surface area (Å²) < 4.78 is 0. The largest absolute Gasteiger partial charge is 0.508 e. The zero-order chi connectivity index (χ0) is 20.4. The van der Waals surface area contributed by atoms with Crippen molar-refractivity contribution in [1.82, 2.24) is 4.90 Å². The van der Waals surface area contributed by atoms with Gasteiger partial charge in [-0.25, -0.2) is 0 Å². The summed E-state index contributed by atoms with van der Waals surface area (Å²) in [4.78, 5) is 26.3. The van der Waals surface area contributed by atoms with Gasteiger partial charge in [-0.05, 0) is 66.9 Å². The standard InChI is InChI=1S/C22H24N2O4/c23-15-1-2-16-24(21(27)13-7-17-3-9-19(25)10-4-17)22(28)14-8-18-5-11-20(26)12-6-18/h3-14,25-26H,1-2,15-16,23H2/b13-7+,14-8+. The number of nitrogens with two attached hydrogens (primary N) is 1. The van der Waals surface area contributed by atoms with E-state index in [-0.39, 0.29) is 18.0 Å². The molecule has 0 radical (unpaired) electrons. The molecule has 0 aliphatic carbocycles. The number of carbonyl (C=O) groups is 2. The van der Waals surface area contributed by atoms with Crippen LogP contribution in [0.4, 0.5) is 0 Å². The SMILES string of the molecule is NCCCCN(C(=O)/C=C/c1ccc(O)cc1)C(=O)/C=C/c1ccc(O)cc1. The maximum Gasteiger partial charge on any atom is 0.253 e. The van der Waals surface area contributed by atoms with Gasteiger partial charge in [0.15, 0.2) is 0 Å². The third-order valence-electron chi connectivity index (χ3n) is 3.99. The first-order chi connectivity index (χ1) is 13.5. The normalized spacial score (nSPS) is 11.2. The van der Waals surface area contributed by atoms with Crippen molar-refractivity contribution in [2.45, 2.75) is 12.8 Å². The van der Waals surface area contributed by atoms with Gasteiger partial charge in [-0.3, -0.25) is 14.5 Å². The monoisotopic (exact) mass is 380 g/mol. The third kappa shape index (κ3) is 6.74. The number of phenolic OH excluding ortho intramolecular Hbond substituents is 2. The number of aromatic hydroxyl groups is 2. The molecular weight excluding hydrogens is 356 g/mol. The van der Waals surface area contributed by atoms with Gasteiger partial charge in [0.1, 0.15) is 11.5 Å². The molecule has 4 N–H and O–H groups in total. The molecule has 2 aromatic carbocycles. The summed E-state index contributed by atoms with van der Waals surface area (Å²) in [6.45, 7) is 0.762. The van der Waals surface area contributed by atoms with Crippen molar-refractivity contribution in [1.29, 1.82) is 0 Å². The highest BCUT2D eigenvalue weighted by molar-refractivity contribution is 6.07. The van der Waals surface area contributed by atoms with Crippen molar-refractivity contribution in [3.8, 4) is 11.5 Å². The Kier molecular flexibility index (Phi) is 7.99. The van der Waals surface area contributed by atoms with E-state index < -0.39 is 11.8 Å². The van der Waals surface area contributed by atoms with Crippen molar-refractivity contribution in [3.05, 3.63) is 71.8 Å². The van der Waals surface area contributed by atoms with Crippen molar-refractivity contribution in [2.24, 2.45) is 5.73 Å². The van der Waals surface area contributed by atoms with Crippen LogP contribution >= 0.6 is 0 Å². The number of nitrogens with zero attached hydrogens (tertiary/aromatic N) is 1. The molecule has 2 amide bonds. The molecule has 0 fully saturated rings. The average Bonchev–Trinajstić information content (AvgIpc) is 2.70. The highest BCUT2D eigenvalue weighted by Crippen LogP contribution is 2.13. The van der Waals surface area contributed by atoms with Gasteiger partial charge < -0.3 is 15.9 Å². The summed E-state index contributed by atoms with van der Waals surface area (Å²) in [5.41, 5.74) is 6.98. The number of imide groups is 1. The second kappa shape index (κ2) is 10.7. The molecule has 2 aromatic rings. The second-order valence-electron chi connectivity index (χ2n) is 6.17. The summed E-state index contributed by atoms with van der Waals surface area (Å²) in [5.74, 6) is -0.571. The fraction of sp³-hybridized carbons (Fsp3) is 0.182. The predicted octanol–water partition coefficient (Wildman–Crippen LogP) is 2.92. The molecule has 0 unspecified atom stereocenters. The van der Waals surface area contributed by atoms with Crippen LogP contribution in [0.5, 0.6) is 11.5 Å². The van der Waals surface area contributed by atoms with E-state index in [0.717, 1.165) is 11.1 Å². The van der Waals surface area contributed by atoms with E-state index in [4.69, 9.17) is 5.73 Å². The smallest absolute Gasteiger partial charge is 0.253 e. The van der Waals surface area contributed by atoms with Gasteiger partial charge in [0.2, 0.25) is 0 Å². The molecule has 0 atom stereocenters. The molecule has 0 aromatic heterocycles. The maximum absolute atomic E-state index is 12.5. The Morgan fingerprint density at radius 1 is 0.786 bits per heavy atom. The third-order valence-corrected chi connectivity index (χ3v) is 3.99. The fourth-order valence-corrected chi connectivity index (χ4v) is 2.43. The second-order valence-corrected chi connectivity index (χ2v) is 6.17. The van der Waals surface area contributed by atoms with Crippen molar-refractivity contribution >= 4 is 24.0 Å². The van der Waals surface area contributed by atoms with Crippen LogP contribution in [0.1, 0.15) is 24.0 Å². The van der Waals surface area contributed by atoms with Crippen LogP contribution in [0, 0.1) is 0 Å². The number of amides is 2. The lowest BCUT2D eigenvalue weighted by Gasteiger charge is -2.17. The minimum absolute atomic E-state index is 0.140. The summed E-state index contributed by atoms with van der Waals surface area (Å²) in [6, 6.07) is 12.8. The van der Waals surface area contributed by atoms with Crippen molar-refractivity contribution < 1.29 is 19.8 Å². The lowest BCUT2D eigenvalue weighted by molar-refractivity contribution is -0.138. The van der Waals surface area contributed by atoms with Gasteiger partial charge in [-0.1, -0.05) is 24.3 Å². The molecule has 0 bridgehead atoms. The van der Waals surface area contributed by atoms with Crippen LogP contribution in [0.3, 0.4) is 0 Å². The van der Waals surface area contributed by atoms with Gasteiger partial charge in [0, 0.05) is 18.7 Å². The Labute approximate surface area is 164 Å². The van der Waals surface area contributed by atoms with Crippen LogP contribution in [0.2, 0.25) is 0 Å². The number of carbonyl (C=O) groups excluding carboxylic acids is 2. The number of benzene rings is 2. The van der Waals surface area contributed by atoms with Crippen molar-refractivity contribution in [2.75, 3.05) is 13.1 Å². The molecule has 6 heteroatoms. The summed E-state index contributed by atoms with van der Waals surface area (Å²) in [7, 11) is 0. The van der Waals surface area contributed by atoms with Crippen LogP contribution in [-0.4, -0.2) is 40.0 Å². The first-order valence-corrected chi connectivity index (χ1v) is 8.99. The molecule has 28 heavy (non-hydrogen) atoms. The summed E-state index contributed by atoms with van der Waals surface area (Å²) >= 11 is 0. The molecule has 0 saturated carbocycles. The van der Waals surface area contributed by atoms with Crippen LogP contribution < -0.4 is 5.73 Å². The highest BCUT2D eigenvalue weighted by atomic mass is 16.3. The van der Waals surface area contributed by atoms with E-state index in [1.54, 1.807) is 36.4 Å². The zero-order valence-corrected chi connectivity index (χ0v) is 15.5. The Balaban J connectivity index is 2.10. The Morgan fingerprint density at radius 2 is 1.21 bits per heavy atom. The maximum atomic E-state index is 12.5. The van der Waals surface area contributed by atoms with E-state index in [9.17, 15) is 19.8 Å². The van der Waals surface area contributed by atoms with Crippen LogP contribution in [0.15, 0.2) is 60.7 Å². The number of unbranched alkanes of at least 4 members (excludes halogenated alkanes) is 1. The minimum Gasteiger partial charge on any atom is -0.508 e. The Hall–Kier alpha value is -3.38. The molecule has 0 heterocycles. The minimum atomic E-state index is -0.426. The first-order valence-electron chi connectivity index (χ1n) is 8.99. The van der Waals surface area contributed by atoms with Crippen LogP contribution in [-0.2, 0) is 9.59 Å². The molecule has 2 rings (SSSR count). The highest BCUT2D eigenvalue weighted by Gasteiger charge is 2.16. The van der Waals surface area contributed by atoms with Crippen LogP contribution in [0.25, 0.3) is 12.2 Å². The number of phenols is 2. The molecule has 0 spiro atoms. The Bertz CT molecular complexity index is 772. The topological polar surface area (TPSA) is 104 Å². The molecule has 6 nitrogen and oxygen atoms in total. The Morgan fingerprint density at radius 3 is 1.61 bits per heavy atom. The number of hydrogen-bond donors (Lipinski definition) is 3. The quantitative estimate of drug-likeness (QED) is 0.482. The zero-order valence-electron chi connectivity index (χ0n) is 15.5. The van der Waals surface area contributed by atoms with Gasteiger partial charge >= 0.3 is 0 Å². The number of hydrogen-bond acceptors (Lipinski definition) is 5. The lowest BCUT2D eigenvalue weighted by Crippen LogP contribution is -2.35. The lowest BCUT2D eigenvalue weighted by atomic mass is 10.2. The molecule has 0 saturated heterocycles. The van der Waals surface area contributed by atoms with E-state index in [0.29, 0.717) is 19.4 Å². The molecule has 0 aliphatic heterocycles.